The zero-order chi connectivity index (χ0) is 11.0. The normalized spacial score (nSPS) is 14.0. The molecule has 0 aliphatic heterocycles. The van der Waals surface area contributed by atoms with E-state index in [1.807, 2.05) is 13.8 Å². The van der Waals surface area contributed by atoms with Gasteiger partial charge in [0.05, 0.1) is 6.42 Å². The van der Waals surface area contributed by atoms with E-state index in [9.17, 15) is 4.79 Å². The van der Waals surface area contributed by atoms with Gasteiger partial charge in [0, 0.05) is 12.0 Å². The number of Topliss-reactive ketones (excluding diaryl/α,β-unsaturated/α-hetero) is 1. The number of carbonyl (C=O) groups is 1. The van der Waals surface area contributed by atoms with E-state index >= 15 is 0 Å². The minimum absolute atomic E-state index is 0.134. The lowest BCUT2D eigenvalue weighted by Crippen LogP contribution is -2.16. The number of hydrogen-bond acceptors (Lipinski definition) is 2. The van der Waals surface area contributed by atoms with E-state index in [0.29, 0.717) is 6.42 Å². The monoisotopic (exact) mass is 195 g/mol. The average Bonchev–Trinajstić information content (AvgIpc) is 2.13. The zero-order valence-electron chi connectivity index (χ0n) is 9.47. The highest BCUT2D eigenvalue weighted by Crippen LogP contribution is 2.11. The highest BCUT2D eigenvalue weighted by molar-refractivity contribution is 5.82. The van der Waals surface area contributed by atoms with Crippen molar-refractivity contribution in [1.82, 2.24) is 0 Å². The fourth-order valence-electron chi connectivity index (χ4n) is 1.26. The fourth-order valence-corrected chi connectivity index (χ4v) is 1.26. The van der Waals surface area contributed by atoms with Gasteiger partial charge >= 0.3 is 0 Å². The summed E-state index contributed by atoms with van der Waals surface area (Å²) in [5.74, 6) is 5.93. The molecule has 0 aromatic heterocycles. The van der Waals surface area contributed by atoms with Crippen LogP contribution in [0.15, 0.2) is 0 Å². The molecule has 14 heavy (non-hydrogen) atoms. The molecule has 0 bridgehead atoms. The van der Waals surface area contributed by atoms with Crippen molar-refractivity contribution in [3.05, 3.63) is 0 Å². The van der Waals surface area contributed by atoms with E-state index in [4.69, 9.17) is 5.73 Å². The lowest BCUT2D eigenvalue weighted by Gasteiger charge is -2.09. The molecule has 0 radical (unpaired) electrons. The summed E-state index contributed by atoms with van der Waals surface area (Å²) >= 11 is 0. The first kappa shape index (κ1) is 13.2. The molecular formula is C12H21NO. The number of hydrogen-bond donors (Lipinski definition) is 1. The number of ketones is 1. The largest absolute Gasteiger partial charge is 0.328 e. The van der Waals surface area contributed by atoms with Crippen LogP contribution in [0, 0.1) is 17.8 Å². The fraction of sp³-hybridized carbons (Fsp3) is 0.750. The lowest BCUT2D eigenvalue weighted by atomic mass is 9.96. The maximum absolute atomic E-state index is 11.4. The maximum Gasteiger partial charge on any atom is 0.147 e. The quantitative estimate of drug-likeness (QED) is 0.660. The van der Waals surface area contributed by atoms with Crippen LogP contribution in [0.5, 0.6) is 0 Å². The van der Waals surface area contributed by atoms with Gasteiger partial charge in [-0.15, -0.1) is 5.92 Å². The first-order valence-electron chi connectivity index (χ1n) is 5.25. The summed E-state index contributed by atoms with van der Waals surface area (Å²) in [5, 5.41) is 0. The molecule has 0 fully saturated rings. The van der Waals surface area contributed by atoms with Crippen molar-refractivity contribution in [1.29, 1.82) is 0 Å². The van der Waals surface area contributed by atoms with Crippen LogP contribution >= 0.6 is 0 Å². The molecule has 0 spiro atoms. The summed E-state index contributed by atoms with van der Waals surface area (Å²) in [6.07, 6.45) is 3.36. The Morgan fingerprint density at radius 1 is 1.36 bits per heavy atom. The predicted molar refractivity (Wildman–Crippen MR) is 59.7 cm³/mol. The Hall–Kier alpha value is -0.810. The van der Waals surface area contributed by atoms with Crippen molar-refractivity contribution in [2.75, 3.05) is 0 Å². The van der Waals surface area contributed by atoms with Gasteiger partial charge in [0.1, 0.15) is 5.78 Å². The van der Waals surface area contributed by atoms with Gasteiger partial charge < -0.3 is 5.73 Å². The van der Waals surface area contributed by atoms with Crippen molar-refractivity contribution in [3.8, 4) is 11.8 Å². The molecule has 0 saturated carbocycles. The van der Waals surface area contributed by atoms with E-state index in [1.165, 1.54) is 0 Å². The van der Waals surface area contributed by atoms with Crippen LogP contribution in [0.3, 0.4) is 0 Å². The second kappa shape index (κ2) is 7.58. The van der Waals surface area contributed by atoms with Gasteiger partial charge in [-0.25, -0.2) is 0 Å². The van der Waals surface area contributed by atoms with E-state index in [-0.39, 0.29) is 17.7 Å². The molecule has 2 nitrogen and oxygen atoms in total. The molecule has 0 aromatic rings. The second-order valence-corrected chi connectivity index (χ2v) is 3.88. The zero-order valence-corrected chi connectivity index (χ0v) is 9.47. The molecule has 0 aromatic carbocycles. The van der Waals surface area contributed by atoms with Crippen LogP contribution < -0.4 is 5.73 Å². The summed E-state index contributed by atoms with van der Waals surface area (Å²) in [4.78, 5) is 11.4. The van der Waals surface area contributed by atoms with Gasteiger partial charge in [-0.05, 0) is 26.7 Å². The van der Waals surface area contributed by atoms with Crippen molar-refractivity contribution < 1.29 is 4.79 Å². The summed E-state index contributed by atoms with van der Waals surface area (Å²) in [5.41, 5.74) is 5.63. The van der Waals surface area contributed by atoms with Gasteiger partial charge in [0.15, 0.2) is 0 Å². The smallest absolute Gasteiger partial charge is 0.147 e. The number of carbonyl (C=O) groups excluding carboxylic acids is 1. The summed E-state index contributed by atoms with van der Waals surface area (Å²) < 4.78 is 0. The second-order valence-electron chi connectivity index (χ2n) is 3.88. The standard InChI is InChI=1S/C12H21NO/c1-4-5-9-12(14)10(2)7-6-8-11(3)13/h10-11H,6-9,13H2,1-3H3. The van der Waals surface area contributed by atoms with Gasteiger partial charge in [0.25, 0.3) is 0 Å². The minimum Gasteiger partial charge on any atom is -0.328 e. The molecule has 0 heterocycles. The third-order valence-electron chi connectivity index (χ3n) is 2.29. The first-order valence-corrected chi connectivity index (χ1v) is 5.25. The van der Waals surface area contributed by atoms with Crippen LogP contribution in [0.2, 0.25) is 0 Å². The topological polar surface area (TPSA) is 43.1 Å². The molecule has 0 saturated heterocycles. The highest BCUT2D eigenvalue weighted by Gasteiger charge is 2.11. The third kappa shape index (κ3) is 6.68. The molecule has 80 valence electrons. The van der Waals surface area contributed by atoms with Crippen LogP contribution in [-0.2, 0) is 4.79 Å². The average molecular weight is 195 g/mol. The first-order chi connectivity index (χ1) is 6.57. The van der Waals surface area contributed by atoms with Crippen LogP contribution in [0.25, 0.3) is 0 Å². The van der Waals surface area contributed by atoms with Gasteiger partial charge in [-0.1, -0.05) is 19.3 Å². The van der Waals surface area contributed by atoms with E-state index in [0.717, 1.165) is 19.3 Å². The Kier molecular flexibility index (Phi) is 7.14. The number of rotatable bonds is 6. The van der Waals surface area contributed by atoms with Gasteiger partial charge in [-0.2, -0.15) is 0 Å². The molecule has 2 N–H and O–H groups in total. The molecule has 0 aliphatic carbocycles. The van der Waals surface area contributed by atoms with E-state index in [1.54, 1.807) is 6.92 Å². The van der Waals surface area contributed by atoms with Crippen molar-refractivity contribution in [3.63, 3.8) is 0 Å². The molecule has 0 rings (SSSR count). The lowest BCUT2D eigenvalue weighted by molar-refractivity contribution is -0.121. The Morgan fingerprint density at radius 2 is 2.00 bits per heavy atom. The molecule has 2 atom stereocenters. The van der Waals surface area contributed by atoms with Crippen LogP contribution in [-0.4, -0.2) is 11.8 Å². The molecular weight excluding hydrogens is 174 g/mol. The Balaban J connectivity index is 3.65. The van der Waals surface area contributed by atoms with Crippen LogP contribution in [0.1, 0.15) is 46.5 Å². The summed E-state index contributed by atoms with van der Waals surface area (Å²) in [6.45, 7) is 5.73. The van der Waals surface area contributed by atoms with E-state index in [2.05, 4.69) is 11.8 Å². The Labute approximate surface area is 87.3 Å². The summed E-state index contributed by atoms with van der Waals surface area (Å²) in [7, 11) is 0. The van der Waals surface area contributed by atoms with Gasteiger partial charge in [-0.3, -0.25) is 4.79 Å². The molecule has 2 unspecified atom stereocenters. The Bertz CT molecular complexity index is 222. The van der Waals surface area contributed by atoms with Crippen LogP contribution in [0.4, 0.5) is 0 Å². The van der Waals surface area contributed by atoms with Gasteiger partial charge in [0.2, 0.25) is 0 Å². The van der Waals surface area contributed by atoms with Crippen molar-refractivity contribution in [2.45, 2.75) is 52.5 Å². The molecule has 2 heteroatoms. The third-order valence-corrected chi connectivity index (χ3v) is 2.29. The minimum atomic E-state index is 0.134. The maximum atomic E-state index is 11.4. The Morgan fingerprint density at radius 3 is 2.50 bits per heavy atom. The van der Waals surface area contributed by atoms with Crippen molar-refractivity contribution >= 4 is 5.78 Å². The highest BCUT2D eigenvalue weighted by atomic mass is 16.1. The molecule has 0 amide bonds. The van der Waals surface area contributed by atoms with E-state index < -0.39 is 0 Å². The number of nitrogens with two attached hydrogens (primary N) is 1. The summed E-state index contributed by atoms with van der Waals surface area (Å²) in [6, 6.07) is 0.243. The SMILES string of the molecule is CC#CCC(=O)C(C)CCCC(C)N. The molecule has 0 aliphatic rings. The predicted octanol–water partition coefficient (Wildman–Crippen LogP) is 2.12. The van der Waals surface area contributed by atoms with Crippen molar-refractivity contribution in [2.24, 2.45) is 11.7 Å².